The molecule has 1 unspecified atom stereocenters. The fourth-order valence-electron chi connectivity index (χ4n) is 0.911. The van der Waals surface area contributed by atoms with Gasteiger partial charge in [0, 0.05) is 12.0 Å². The highest BCUT2D eigenvalue weighted by Crippen LogP contribution is 2.23. The van der Waals surface area contributed by atoms with Crippen LogP contribution in [0.15, 0.2) is 35.2 Å². The molecule has 0 aromatic heterocycles. The molecule has 0 bridgehead atoms. The molecule has 4 heteroatoms. The first kappa shape index (κ1) is 11.1. The second-order valence-corrected chi connectivity index (χ2v) is 3.66. The summed E-state index contributed by atoms with van der Waals surface area (Å²) in [4.78, 5) is 12.2. The molecule has 0 fully saturated rings. The molecule has 76 valence electrons. The Balaban J connectivity index is 2.62. The van der Waals surface area contributed by atoms with E-state index in [0.717, 1.165) is 4.90 Å². The number of carbonyl (C=O) groups excluding carboxylic acids is 1. The van der Waals surface area contributed by atoms with Crippen LogP contribution in [0.3, 0.4) is 0 Å². The van der Waals surface area contributed by atoms with Crippen molar-refractivity contribution in [3.8, 4) is 0 Å². The summed E-state index contributed by atoms with van der Waals surface area (Å²) in [7, 11) is 2.83. The van der Waals surface area contributed by atoms with Crippen molar-refractivity contribution in [2.24, 2.45) is 0 Å². The van der Waals surface area contributed by atoms with Crippen LogP contribution in [0.2, 0.25) is 0 Å². The van der Waals surface area contributed by atoms with Gasteiger partial charge in [0.05, 0.1) is 7.11 Å². The average Bonchev–Trinajstić information content (AvgIpc) is 2.26. The maximum atomic E-state index is 11.2. The Kier molecular flexibility index (Phi) is 4.49. The molecule has 0 aliphatic rings. The lowest BCUT2D eigenvalue weighted by Gasteiger charge is -2.11. The first-order chi connectivity index (χ1) is 6.77. The summed E-state index contributed by atoms with van der Waals surface area (Å²) in [5, 5.41) is 0. The van der Waals surface area contributed by atoms with E-state index in [-0.39, 0.29) is 5.97 Å². The number of carbonyl (C=O) groups is 1. The zero-order chi connectivity index (χ0) is 10.4. The average molecular weight is 212 g/mol. The number of benzene rings is 1. The molecule has 1 atom stereocenters. The van der Waals surface area contributed by atoms with Crippen molar-refractivity contribution in [2.75, 3.05) is 14.2 Å². The van der Waals surface area contributed by atoms with Gasteiger partial charge in [-0.15, -0.1) is 0 Å². The van der Waals surface area contributed by atoms with Gasteiger partial charge in [-0.2, -0.15) is 0 Å². The maximum Gasteiger partial charge on any atom is 0.345 e. The predicted octanol–water partition coefficient (Wildman–Crippen LogP) is 1.92. The Labute approximate surface area is 87.4 Å². The molecule has 1 rings (SSSR count). The quantitative estimate of drug-likeness (QED) is 0.434. The molecular formula is C10H12O3S. The third kappa shape index (κ3) is 3.05. The van der Waals surface area contributed by atoms with Crippen LogP contribution in [-0.2, 0) is 14.3 Å². The minimum atomic E-state index is -0.595. The summed E-state index contributed by atoms with van der Waals surface area (Å²) >= 11 is 1.32. The van der Waals surface area contributed by atoms with E-state index in [1.54, 1.807) is 0 Å². The number of esters is 1. The first-order valence-corrected chi connectivity index (χ1v) is 4.98. The van der Waals surface area contributed by atoms with E-state index < -0.39 is 5.44 Å². The third-order valence-corrected chi connectivity index (χ3v) is 2.74. The topological polar surface area (TPSA) is 35.5 Å². The van der Waals surface area contributed by atoms with Crippen LogP contribution < -0.4 is 0 Å². The molecule has 0 spiro atoms. The molecule has 0 N–H and O–H groups in total. The standard InChI is InChI=1S/C10H12O3S/c1-12-9(11)10(13-2)14-8-6-4-3-5-7-8/h3-7,10H,1-2H3. The van der Waals surface area contributed by atoms with Crippen molar-refractivity contribution in [1.29, 1.82) is 0 Å². The van der Waals surface area contributed by atoms with E-state index in [1.165, 1.54) is 26.0 Å². The van der Waals surface area contributed by atoms with Crippen LogP contribution in [0.1, 0.15) is 0 Å². The minimum absolute atomic E-state index is 0.374. The summed E-state index contributed by atoms with van der Waals surface area (Å²) in [6.07, 6.45) is 0. The van der Waals surface area contributed by atoms with Gasteiger partial charge in [-0.05, 0) is 12.1 Å². The minimum Gasteiger partial charge on any atom is -0.466 e. The molecule has 0 amide bonds. The highest BCUT2D eigenvalue weighted by atomic mass is 32.2. The molecule has 0 saturated heterocycles. The molecule has 14 heavy (non-hydrogen) atoms. The number of hydrogen-bond donors (Lipinski definition) is 0. The van der Waals surface area contributed by atoms with Crippen LogP contribution in [0.4, 0.5) is 0 Å². The normalized spacial score (nSPS) is 12.1. The fraction of sp³-hybridized carbons (Fsp3) is 0.300. The molecule has 0 saturated carbocycles. The van der Waals surface area contributed by atoms with Gasteiger partial charge >= 0.3 is 5.97 Å². The van der Waals surface area contributed by atoms with Gasteiger partial charge in [-0.25, -0.2) is 4.79 Å². The highest BCUT2D eigenvalue weighted by molar-refractivity contribution is 8.00. The van der Waals surface area contributed by atoms with Gasteiger partial charge in [-0.1, -0.05) is 30.0 Å². The second kappa shape index (κ2) is 5.67. The SMILES string of the molecule is COC(=O)C(OC)Sc1ccccc1. The second-order valence-electron chi connectivity index (χ2n) is 2.52. The van der Waals surface area contributed by atoms with E-state index in [9.17, 15) is 4.79 Å². The Bertz CT molecular complexity index is 287. The van der Waals surface area contributed by atoms with Crippen molar-refractivity contribution in [3.63, 3.8) is 0 Å². The van der Waals surface area contributed by atoms with Crippen LogP contribution in [0.25, 0.3) is 0 Å². The lowest BCUT2D eigenvalue weighted by Crippen LogP contribution is -2.20. The summed E-state index contributed by atoms with van der Waals surface area (Å²) < 4.78 is 9.59. The lowest BCUT2D eigenvalue weighted by molar-refractivity contribution is -0.146. The molecule has 1 aromatic carbocycles. The van der Waals surface area contributed by atoms with Crippen molar-refractivity contribution < 1.29 is 14.3 Å². The van der Waals surface area contributed by atoms with Crippen LogP contribution in [0, 0.1) is 0 Å². The van der Waals surface area contributed by atoms with E-state index in [2.05, 4.69) is 4.74 Å². The fourth-order valence-corrected chi connectivity index (χ4v) is 1.76. The molecular weight excluding hydrogens is 200 g/mol. The Morgan fingerprint density at radius 2 is 1.93 bits per heavy atom. The zero-order valence-corrected chi connectivity index (χ0v) is 8.91. The van der Waals surface area contributed by atoms with E-state index in [0.29, 0.717) is 0 Å². The van der Waals surface area contributed by atoms with Gasteiger partial charge in [0.1, 0.15) is 0 Å². The van der Waals surface area contributed by atoms with Crippen molar-refractivity contribution in [2.45, 2.75) is 10.3 Å². The van der Waals surface area contributed by atoms with Crippen molar-refractivity contribution in [3.05, 3.63) is 30.3 Å². The molecule has 1 aromatic rings. The summed E-state index contributed by atoms with van der Waals surface area (Å²) in [6.45, 7) is 0. The number of thioether (sulfide) groups is 1. The lowest BCUT2D eigenvalue weighted by atomic mass is 10.4. The number of ether oxygens (including phenoxy) is 2. The number of methoxy groups -OCH3 is 2. The molecule has 0 aliphatic heterocycles. The van der Waals surface area contributed by atoms with Crippen LogP contribution in [0.5, 0.6) is 0 Å². The third-order valence-electron chi connectivity index (χ3n) is 1.59. The van der Waals surface area contributed by atoms with E-state index in [4.69, 9.17) is 4.74 Å². The zero-order valence-electron chi connectivity index (χ0n) is 8.10. The first-order valence-electron chi connectivity index (χ1n) is 4.10. The van der Waals surface area contributed by atoms with Gasteiger partial charge in [0.15, 0.2) is 0 Å². The highest BCUT2D eigenvalue weighted by Gasteiger charge is 2.19. The maximum absolute atomic E-state index is 11.2. The van der Waals surface area contributed by atoms with Crippen LogP contribution >= 0.6 is 11.8 Å². The Morgan fingerprint density at radius 3 is 2.43 bits per heavy atom. The number of rotatable bonds is 4. The molecule has 0 heterocycles. The van der Waals surface area contributed by atoms with Gasteiger partial charge < -0.3 is 9.47 Å². The van der Waals surface area contributed by atoms with Gasteiger partial charge in [-0.3, -0.25) is 0 Å². The van der Waals surface area contributed by atoms with Gasteiger partial charge in [0.25, 0.3) is 0 Å². The number of hydrogen-bond acceptors (Lipinski definition) is 4. The van der Waals surface area contributed by atoms with E-state index in [1.807, 2.05) is 30.3 Å². The molecule has 0 radical (unpaired) electrons. The van der Waals surface area contributed by atoms with E-state index >= 15 is 0 Å². The van der Waals surface area contributed by atoms with Crippen LogP contribution in [-0.4, -0.2) is 25.6 Å². The monoisotopic (exact) mass is 212 g/mol. The smallest absolute Gasteiger partial charge is 0.345 e. The van der Waals surface area contributed by atoms with Gasteiger partial charge in [0.2, 0.25) is 5.44 Å². The summed E-state index contributed by atoms with van der Waals surface area (Å²) in [5.41, 5.74) is -0.595. The predicted molar refractivity (Wildman–Crippen MR) is 55.1 cm³/mol. The summed E-state index contributed by atoms with van der Waals surface area (Å²) in [5.74, 6) is -0.374. The van der Waals surface area contributed by atoms with Crippen molar-refractivity contribution >= 4 is 17.7 Å². The Hall–Kier alpha value is -1.00. The Morgan fingerprint density at radius 1 is 1.29 bits per heavy atom. The molecule has 3 nitrogen and oxygen atoms in total. The van der Waals surface area contributed by atoms with Crippen molar-refractivity contribution in [1.82, 2.24) is 0 Å². The largest absolute Gasteiger partial charge is 0.466 e. The molecule has 0 aliphatic carbocycles. The summed E-state index contributed by atoms with van der Waals surface area (Å²) in [6, 6.07) is 9.57.